The lowest BCUT2D eigenvalue weighted by molar-refractivity contribution is -0.130. The van der Waals surface area contributed by atoms with Crippen molar-refractivity contribution in [3.63, 3.8) is 0 Å². The molecular formula is C13H24N2O3. The van der Waals surface area contributed by atoms with Crippen LogP contribution in [-0.2, 0) is 9.53 Å². The Kier molecular flexibility index (Phi) is 6.54. The highest BCUT2D eigenvalue weighted by Gasteiger charge is 2.13. The molecule has 0 saturated carbocycles. The maximum Gasteiger partial charge on any atom is 0.409 e. The molecule has 0 aromatic rings. The van der Waals surface area contributed by atoms with Crippen molar-refractivity contribution in [1.29, 1.82) is 0 Å². The first-order valence-electron chi connectivity index (χ1n) is 6.73. The van der Waals surface area contributed by atoms with Crippen molar-refractivity contribution in [3.8, 4) is 0 Å². The second kappa shape index (κ2) is 7.95. The van der Waals surface area contributed by atoms with Crippen molar-refractivity contribution in [3.05, 3.63) is 0 Å². The molecule has 0 aliphatic carbocycles. The van der Waals surface area contributed by atoms with Crippen molar-refractivity contribution in [2.24, 2.45) is 0 Å². The van der Waals surface area contributed by atoms with Gasteiger partial charge in [-0.25, -0.2) is 4.79 Å². The molecule has 0 unspecified atom stereocenters. The Hall–Kier alpha value is -1.26. The second-order valence-corrected chi connectivity index (χ2v) is 4.87. The smallest absolute Gasteiger partial charge is 0.409 e. The van der Waals surface area contributed by atoms with Crippen LogP contribution in [0.2, 0.25) is 0 Å². The van der Waals surface area contributed by atoms with Gasteiger partial charge in [0.05, 0.1) is 6.61 Å². The minimum absolute atomic E-state index is 0.198. The van der Waals surface area contributed by atoms with Crippen molar-refractivity contribution in [2.75, 3.05) is 33.8 Å². The topological polar surface area (TPSA) is 49.9 Å². The van der Waals surface area contributed by atoms with Crippen molar-refractivity contribution < 1.29 is 14.3 Å². The van der Waals surface area contributed by atoms with Crippen LogP contribution in [-0.4, -0.2) is 55.6 Å². The molecule has 5 nitrogen and oxygen atoms in total. The highest BCUT2D eigenvalue weighted by molar-refractivity contribution is 5.75. The number of rotatable bonds is 0. The first-order valence-corrected chi connectivity index (χ1v) is 6.73. The van der Waals surface area contributed by atoms with Crippen LogP contribution in [0.15, 0.2) is 0 Å². The molecule has 0 atom stereocenters. The summed E-state index contributed by atoms with van der Waals surface area (Å²) in [7, 11) is 3.63. The molecule has 0 aromatic carbocycles. The SMILES string of the molecule is CN1CCCCCCC1=O.CN1CCCOC1=O. The van der Waals surface area contributed by atoms with Crippen molar-refractivity contribution >= 4 is 12.0 Å². The van der Waals surface area contributed by atoms with Gasteiger partial charge in [-0.15, -0.1) is 0 Å². The van der Waals surface area contributed by atoms with Crippen LogP contribution >= 0.6 is 0 Å². The molecule has 0 aromatic heterocycles. The highest BCUT2D eigenvalue weighted by atomic mass is 16.6. The summed E-state index contributed by atoms with van der Waals surface area (Å²) in [6.45, 7) is 2.38. The normalized spacial score (nSPS) is 21.4. The van der Waals surface area contributed by atoms with Crippen LogP contribution in [0, 0.1) is 0 Å². The summed E-state index contributed by atoms with van der Waals surface area (Å²) < 4.78 is 4.68. The molecule has 5 heteroatoms. The van der Waals surface area contributed by atoms with Crippen molar-refractivity contribution in [2.45, 2.75) is 38.5 Å². The van der Waals surface area contributed by atoms with Crippen LogP contribution in [0.4, 0.5) is 4.79 Å². The molecule has 2 heterocycles. The number of carbonyl (C=O) groups excluding carboxylic acids is 2. The lowest BCUT2D eigenvalue weighted by Crippen LogP contribution is -2.33. The monoisotopic (exact) mass is 256 g/mol. The summed E-state index contributed by atoms with van der Waals surface area (Å²) in [6, 6.07) is 0. The molecule has 2 aliphatic rings. The number of likely N-dealkylation sites (tertiary alicyclic amines) is 1. The molecular weight excluding hydrogens is 232 g/mol. The number of amides is 2. The molecule has 2 fully saturated rings. The Labute approximate surface area is 109 Å². The van der Waals surface area contributed by atoms with E-state index in [4.69, 9.17) is 0 Å². The van der Waals surface area contributed by atoms with Crippen LogP contribution in [0.3, 0.4) is 0 Å². The van der Waals surface area contributed by atoms with Gasteiger partial charge in [0.15, 0.2) is 0 Å². The number of hydrogen-bond donors (Lipinski definition) is 0. The molecule has 0 bridgehead atoms. The lowest BCUT2D eigenvalue weighted by atomic mass is 10.1. The Morgan fingerprint density at radius 2 is 1.56 bits per heavy atom. The van der Waals surface area contributed by atoms with Gasteiger partial charge >= 0.3 is 6.09 Å². The molecule has 18 heavy (non-hydrogen) atoms. The van der Waals surface area contributed by atoms with E-state index < -0.39 is 0 Å². The molecule has 0 spiro atoms. The third-order valence-corrected chi connectivity index (χ3v) is 3.23. The molecule has 0 radical (unpaired) electrons. The largest absolute Gasteiger partial charge is 0.449 e. The summed E-state index contributed by atoms with van der Waals surface area (Å²) in [5.41, 5.74) is 0. The van der Waals surface area contributed by atoms with E-state index in [9.17, 15) is 9.59 Å². The van der Waals surface area contributed by atoms with Crippen LogP contribution in [0.1, 0.15) is 38.5 Å². The zero-order valence-electron chi connectivity index (χ0n) is 11.5. The van der Waals surface area contributed by atoms with Gasteiger partial charge in [-0.2, -0.15) is 0 Å². The van der Waals surface area contributed by atoms with Crippen LogP contribution in [0.5, 0.6) is 0 Å². The summed E-state index contributed by atoms with van der Waals surface area (Å²) in [5, 5.41) is 0. The maximum absolute atomic E-state index is 11.1. The Morgan fingerprint density at radius 3 is 2.17 bits per heavy atom. The number of hydrogen-bond acceptors (Lipinski definition) is 3. The predicted molar refractivity (Wildman–Crippen MR) is 69.3 cm³/mol. The van der Waals surface area contributed by atoms with E-state index in [-0.39, 0.29) is 6.09 Å². The third kappa shape index (κ3) is 5.38. The summed E-state index contributed by atoms with van der Waals surface area (Å²) >= 11 is 0. The van der Waals surface area contributed by atoms with Gasteiger partial charge in [0.25, 0.3) is 0 Å². The zero-order valence-corrected chi connectivity index (χ0v) is 11.5. The minimum atomic E-state index is -0.198. The number of carbonyl (C=O) groups is 2. The van der Waals surface area contributed by atoms with Crippen LogP contribution in [0.25, 0.3) is 0 Å². The number of nitrogens with zero attached hydrogens (tertiary/aromatic N) is 2. The second-order valence-electron chi connectivity index (χ2n) is 4.87. The van der Waals surface area contributed by atoms with Gasteiger partial charge in [-0.05, 0) is 19.3 Å². The minimum Gasteiger partial charge on any atom is -0.449 e. The average molecular weight is 256 g/mol. The molecule has 2 aliphatic heterocycles. The molecule has 2 saturated heterocycles. The van der Waals surface area contributed by atoms with E-state index in [0.717, 1.165) is 32.4 Å². The first-order chi connectivity index (χ1) is 8.61. The zero-order chi connectivity index (χ0) is 13.4. The predicted octanol–water partition coefficient (Wildman–Crippen LogP) is 1.87. The van der Waals surface area contributed by atoms with E-state index in [0.29, 0.717) is 12.5 Å². The van der Waals surface area contributed by atoms with Gasteiger partial charge in [-0.1, -0.05) is 12.8 Å². The molecule has 2 amide bonds. The van der Waals surface area contributed by atoms with E-state index in [1.807, 2.05) is 11.9 Å². The highest BCUT2D eigenvalue weighted by Crippen LogP contribution is 2.09. The first kappa shape index (κ1) is 14.8. The standard InChI is InChI=1S/C8H15NO.C5H9NO2/c1-9-7-5-3-2-4-6-8(9)10;1-6-3-2-4-8-5(6)7/h2-7H2,1H3;2-4H2,1H3. The van der Waals surface area contributed by atoms with E-state index in [1.54, 1.807) is 11.9 Å². The van der Waals surface area contributed by atoms with Crippen molar-refractivity contribution in [1.82, 2.24) is 9.80 Å². The van der Waals surface area contributed by atoms with Gasteiger partial charge in [-0.3, -0.25) is 4.79 Å². The summed E-state index contributed by atoms with van der Waals surface area (Å²) in [5.74, 6) is 0.319. The quantitative estimate of drug-likeness (QED) is 0.665. The third-order valence-electron chi connectivity index (χ3n) is 3.23. The fourth-order valence-electron chi connectivity index (χ4n) is 1.96. The molecule has 104 valence electrons. The summed E-state index contributed by atoms with van der Waals surface area (Å²) in [6.07, 6.45) is 6.32. The van der Waals surface area contributed by atoms with E-state index in [2.05, 4.69) is 4.74 Å². The van der Waals surface area contributed by atoms with Gasteiger partial charge in [0, 0.05) is 33.6 Å². The Bertz CT molecular complexity index is 281. The van der Waals surface area contributed by atoms with E-state index >= 15 is 0 Å². The van der Waals surface area contributed by atoms with Gasteiger partial charge < -0.3 is 14.5 Å². The fraction of sp³-hybridized carbons (Fsp3) is 0.846. The van der Waals surface area contributed by atoms with E-state index in [1.165, 1.54) is 19.3 Å². The van der Waals surface area contributed by atoms with Gasteiger partial charge in [0.2, 0.25) is 5.91 Å². The summed E-state index contributed by atoms with van der Waals surface area (Å²) in [4.78, 5) is 25.0. The lowest BCUT2D eigenvalue weighted by Gasteiger charge is -2.21. The fourth-order valence-corrected chi connectivity index (χ4v) is 1.96. The maximum atomic E-state index is 11.1. The van der Waals surface area contributed by atoms with Crippen LogP contribution < -0.4 is 0 Å². The average Bonchev–Trinajstić information content (AvgIpc) is 2.35. The number of ether oxygens (including phenoxy) is 1. The molecule has 2 rings (SSSR count). The Morgan fingerprint density at radius 1 is 0.889 bits per heavy atom. The Balaban J connectivity index is 0.000000184. The number of cyclic esters (lactones) is 1. The van der Waals surface area contributed by atoms with Gasteiger partial charge in [0.1, 0.15) is 0 Å². The molecule has 0 N–H and O–H groups in total.